The quantitative estimate of drug-likeness (QED) is 0.282. The Bertz CT molecular complexity index is 1340. The number of fused-ring (bicyclic) bond motifs is 1. The minimum atomic E-state index is -0.510. The maximum atomic E-state index is 12.8. The molecule has 0 radical (unpaired) electrons. The molecule has 0 atom stereocenters. The van der Waals surface area contributed by atoms with Crippen molar-refractivity contribution in [2.75, 3.05) is 7.11 Å². The van der Waals surface area contributed by atoms with Crippen LogP contribution >= 0.6 is 0 Å². The highest BCUT2D eigenvalue weighted by Crippen LogP contribution is 2.19. The van der Waals surface area contributed by atoms with E-state index in [1.807, 2.05) is 6.07 Å². The summed E-state index contributed by atoms with van der Waals surface area (Å²) in [4.78, 5) is 29.7. The lowest BCUT2D eigenvalue weighted by Gasteiger charge is -2.08. The molecular weight excluding hydrogens is 394 g/mol. The molecule has 0 saturated heterocycles. The number of benzene rings is 3. The van der Waals surface area contributed by atoms with Crippen LogP contribution in [0.3, 0.4) is 0 Å². The van der Waals surface area contributed by atoms with Crippen molar-refractivity contribution in [1.82, 2.24) is 9.66 Å². The molecule has 0 unspecified atom stereocenters. The summed E-state index contributed by atoms with van der Waals surface area (Å²) >= 11 is 0. The molecule has 3 aromatic carbocycles. The van der Waals surface area contributed by atoms with Crippen molar-refractivity contribution in [3.05, 3.63) is 100 Å². The van der Waals surface area contributed by atoms with Crippen LogP contribution in [0, 0.1) is 6.92 Å². The second-order valence-corrected chi connectivity index (χ2v) is 6.69. The Morgan fingerprint density at radius 1 is 1.00 bits per heavy atom. The highest BCUT2D eigenvalue weighted by molar-refractivity contribution is 5.93. The molecule has 1 aromatic heterocycles. The monoisotopic (exact) mass is 413 g/mol. The molecule has 0 aliphatic rings. The number of carbonyl (C=O) groups excluding carboxylic acids is 1. The number of para-hydroxylation sites is 2. The molecule has 0 saturated carbocycles. The van der Waals surface area contributed by atoms with E-state index in [-0.39, 0.29) is 5.56 Å². The van der Waals surface area contributed by atoms with Crippen LogP contribution in [0.2, 0.25) is 0 Å². The molecular formula is C24H19N3O4. The number of ether oxygens (including phenoxy) is 2. The predicted molar refractivity (Wildman–Crippen MR) is 118 cm³/mol. The van der Waals surface area contributed by atoms with E-state index in [4.69, 9.17) is 9.47 Å². The summed E-state index contributed by atoms with van der Waals surface area (Å²) in [6.45, 7) is 1.71. The van der Waals surface area contributed by atoms with Crippen LogP contribution in [-0.2, 0) is 0 Å². The summed E-state index contributed by atoms with van der Waals surface area (Å²) in [5, 5.41) is 4.77. The van der Waals surface area contributed by atoms with E-state index >= 15 is 0 Å². The average Bonchev–Trinajstić information content (AvgIpc) is 2.80. The summed E-state index contributed by atoms with van der Waals surface area (Å²) in [6, 6.07) is 20.7. The minimum absolute atomic E-state index is 0.271. The zero-order chi connectivity index (χ0) is 21.8. The lowest BCUT2D eigenvalue weighted by Crippen LogP contribution is -2.20. The first-order valence-corrected chi connectivity index (χ1v) is 9.55. The molecule has 4 rings (SSSR count). The van der Waals surface area contributed by atoms with E-state index in [1.165, 1.54) is 10.9 Å². The van der Waals surface area contributed by atoms with Crippen molar-refractivity contribution in [2.24, 2.45) is 5.10 Å². The van der Waals surface area contributed by atoms with Gasteiger partial charge in [0, 0.05) is 5.56 Å². The Kier molecular flexibility index (Phi) is 5.57. The van der Waals surface area contributed by atoms with Crippen LogP contribution in [0.15, 0.2) is 82.7 Å². The van der Waals surface area contributed by atoms with Crippen molar-refractivity contribution in [2.45, 2.75) is 6.92 Å². The topological polar surface area (TPSA) is 82.8 Å². The van der Waals surface area contributed by atoms with Gasteiger partial charge in [-0.3, -0.25) is 4.79 Å². The van der Waals surface area contributed by atoms with Gasteiger partial charge in [0.25, 0.3) is 5.56 Å². The van der Waals surface area contributed by atoms with Crippen LogP contribution in [0.1, 0.15) is 21.7 Å². The van der Waals surface area contributed by atoms with Gasteiger partial charge in [0.15, 0.2) is 0 Å². The Balaban J connectivity index is 1.63. The molecule has 0 amide bonds. The zero-order valence-corrected chi connectivity index (χ0v) is 17.0. The van der Waals surface area contributed by atoms with Crippen LogP contribution in [0.4, 0.5) is 0 Å². The number of aromatic nitrogens is 2. The minimum Gasteiger partial charge on any atom is -0.497 e. The van der Waals surface area contributed by atoms with Gasteiger partial charge < -0.3 is 9.47 Å². The third kappa shape index (κ3) is 4.20. The first-order chi connectivity index (χ1) is 15.1. The smallest absolute Gasteiger partial charge is 0.343 e. The van der Waals surface area contributed by atoms with Crippen molar-refractivity contribution in [3.8, 4) is 11.5 Å². The van der Waals surface area contributed by atoms with Crippen LogP contribution < -0.4 is 15.0 Å². The molecule has 31 heavy (non-hydrogen) atoms. The van der Waals surface area contributed by atoms with E-state index in [0.29, 0.717) is 39.4 Å². The Morgan fingerprint density at radius 3 is 2.48 bits per heavy atom. The Hall–Kier alpha value is -4.26. The summed E-state index contributed by atoms with van der Waals surface area (Å²) in [5.41, 5.74) is 1.28. The molecule has 7 heteroatoms. The molecule has 4 aromatic rings. The van der Waals surface area contributed by atoms with Gasteiger partial charge in [-0.2, -0.15) is 9.78 Å². The Labute approximate surface area is 178 Å². The molecule has 7 nitrogen and oxygen atoms in total. The van der Waals surface area contributed by atoms with E-state index in [2.05, 4.69) is 10.1 Å². The fourth-order valence-corrected chi connectivity index (χ4v) is 3.06. The summed E-state index contributed by atoms with van der Waals surface area (Å²) in [6.07, 6.45) is 1.47. The Morgan fingerprint density at radius 2 is 1.71 bits per heavy atom. The summed E-state index contributed by atoms with van der Waals surface area (Å²) < 4.78 is 11.9. The number of nitrogens with zero attached hydrogens (tertiary/aromatic N) is 3. The number of methoxy groups -OCH3 is 1. The maximum Gasteiger partial charge on any atom is 0.343 e. The standard InChI is InChI=1S/C24H19N3O4/c1-16-26-21-9-5-4-8-20(21)23(28)27(16)25-15-18-7-3-6-10-22(18)31-24(29)17-11-13-19(30-2)14-12-17/h3-15H,1-2H3. The van der Waals surface area contributed by atoms with Gasteiger partial charge in [0.05, 0.1) is 29.8 Å². The SMILES string of the molecule is COc1ccc(C(=O)Oc2ccccc2C=Nn2c(C)nc3ccccc3c2=O)cc1. The number of esters is 1. The number of rotatable bonds is 5. The van der Waals surface area contributed by atoms with Crippen molar-refractivity contribution in [1.29, 1.82) is 0 Å². The second-order valence-electron chi connectivity index (χ2n) is 6.69. The van der Waals surface area contributed by atoms with Crippen LogP contribution in [-0.4, -0.2) is 29.0 Å². The number of hydrogen-bond acceptors (Lipinski definition) is 6. The summed E-state index contributed by atoms with van der Waals surface area (Å²) in [7, 11) is 1.56. The van der Waals surface area contributed by atoms with Gasteiger partial charge in [-0.05, 0) is 55.5 Å². The van der Waals surface area contributed by atoms with E-state index in [9.17, 15) is 9.59 Å². The molecule has 0 spiro atoms. The molecule has 1 heterocycles. The molecule has 0 bridgehead atoms. The summed E-state index contributed by atoms with van der Waals surface area (Å²) in [5.74, 6) is 0.914. The number of carbonyl (C=O) groups is 1. The predicted octanol–water partition coefficient (Wildman–Crippen LogP) is 3.81. The van der Waals surface area contributed by atoms with Crippen LogP contribution in [0.25, 0.3) is 10.9 Å². The van der Waals surface area contributed by atoms with Gasteiger partial charge in [0.2, 0.25) is 0 Å². The molecule has 154 valence electrons. The highest BCUT2D eigenvalue weighted by atomic mass is 16.5. The molecule has 0 N–H and O–H groups in total. The second kappa shape index (κ2) is 8.62. The largest absolute Gasteiger partial charge is 0.497 e. The van der Waals surface area contributed by atoms with Crippen molar-refractivity contribution < 1.29 is 14.3 Å². The van der Waals surface area contributed by atoms with Crippen molar-refractivity contribution in [3.63, 3.8) is 0 Å². The molecule has 0 aliphatic carbocycles. The van der Waals surface area contributed by atoms with Crippen LogP contribution in [0.5, 0.6) is 11.5 Å². The zero-order valence-electron chi connectivity index (χ0n) is 17.0. The molecule has 0 fully saturated rings. The third-order valence-electron chi connectivity index (χ3n) is 4.68. The first kappa shape index (κ1) is 20.0. The van der Waals surface area contributed by atoms with Gasteiger partial charge >= 0.3 is 5.97 Å². The average molecular weight is 413 g/mol. The lowest BCUT2D eigenvalue weighted by molar-refractivity contribution is 0.0734. The fourth-order valence-electron chi connectivity index (χ4n) is 3.06. The van der Waals surface area contributed by atoms with Gasteiger partial charge in [-0.1, -0.05) is 24.3 Å². The normalized spacial score (nSPS) is 11.0. The van der Waals surface area contributed by atoms with E-state index < -0.39 is 5.97 Å². The lowest BCUT2D eigenvalue weighted by atomic mass is 10.2. The van der Waals surface area contributed by atoms with Gasteiger partial charge in [-0.25, -0.2) is 9.78 Å². The van der Waals surface area contributed by atoms with Gasteiger partial charge in [-0.15, -0.1) is 0 Å². The number of aryl methyl sites for hydroxylation is 1. The molecule has 0 aliphatic heterocycles. The van der Waals surface area contributed by atoms with Crippen molar-refractivity contribution >= 4 is 23.1 Å². The van der Waals surface area contributed by atoms with E-state index in [1.54, 1.807) is 80.8 Å². The first-order valence-electron chi connectivity index (χ1n) is 9.55. The highest BCUT2D eigenvalue weighted by Gasteiger charge is 2.12. The maximum absolute atomic E-state index is 12.8. The van der Waals surface area contributed by atoms with Gasteiger partial charge in [0.1, 0.15) is 17.3 Å². The fraction of sp³-hybridized carbons (Fsp3) is 0.0833. The third-order valence-corrected chi connectivity index (χ3v) is 4.68. The van der Waals surface area contributed by atoms with E-state index in [0.717, 1.165) is 0 Å². The number of hydrogen-bond donors (Lipinski definition) is 0.